The molecule has 0 N–H and O–H groups in total. The highest BCUT2D eigenvalue weighted by Gasteiger charge is 2.19. The second kappa shape index (κ2) is 9.56. The highest BCUT2D eigenvalue weighted by molar-refractivity contribution is 6.12. The summed E-state index contributed by atoms with van der Waals surface area (Å²) in [6.45, 7) is 0. The van der Waals surface area contributed by atoms with Crippen LogP contribution in [0.15, 0.2) is 72.1 Å². The molecule has 1 aromatic heterocycles. The molecule has 30 heavy (non-hydrogen) atoms. The summed E-state index contributed by atoms with van der Waals surface area (Å²) in [6.07, 6.45) is 3.80. The Bertz CT molecular complexity index is 1020. The molecule has 3 rings (SSSR count). The smallest absolute Gasteiger partial charge is 0.366 e. The third-order valence-corrected chi connectivity index (χ3v) is 4.42. The number of aromatic nitrogens is 1. The van der Waals surface area contributed by atoms with Crippen molar-refractivity contribution in [3.8, 4) is 17.2 Å². The number of nitrogens with zero attached hydrogens (tertiary/aromatic N) is 2. The molecule has 0 spiro atoms. The van der Waals surface area contributed by atoms with Gasteiger partial charge in [0.15, 0.2) is 23.9 Å². The molecule has 0 unspecified atom stereocenters. The molecule has 0 bridgehead atoms. The van der Waals surface area contributed by atoms with Gasteiger partial charge in [-0.15, -0.1) is 0 Å². The van der Waals surface area contributed by atoms with Crippen LogP contribution >= 0.6 is 0 Å². The first-order valence-electron chi connectivity index (χ1n) is 9.17. The second-order valence-electron chi connectivity index (χ2n) is 6.35. The monoisotopic (exact) mass is 407 g/mol. The molecule has 0 fully saturated rings. The molecular formula is C23H23N2O5+. The number of benzene rings is 2. The second-order valence-corrected chi connectivity index (χ2v) is 6.35. The predicted molar refractivity (Wildman–Crippen MR) is 111 cm³/mol. The topological polar surface area (TPSA) is 70.2 Å². The fourth-order valence-electron chi connectivity index (χ4n) is 2.87. The molecule has 0 saturated carbocycles. The summed E-state index contributed by atoms with van der Waals surface area (Å²) >= 11 is 0. The Kier molecular flexibility index (Phi) is 6.64. The summed E-state index contributed by atoms with van der Waals surface area (Å²) in [6, 6.07) is 16.3. The van der Waals surface area contributed by atoms with E-state index in [0.29, 0.717) is 23.0 Å². The maximum atomic E-state index is 12.7. The van der Waals surface area contributed by atoms with Gasteiger partial charge in [-0.3, -0.25) is 0 Å². The van der Waals surface area contributed by atoms with Crippen LogP contribution in [0, 0.1) is 0 Å². The van der Waals surface area contributed by atoms with Crippen molar-refractivity contribution < 1.29 is 28.4 Å². The van der Waals surface area contributed by atoms with Crippen LogP contribution in [0.1, 0.15) is 21.5 Å². The van der Waals surface area contributed by atoms with Crippen molar-refractivity contribution in [3.05, 3.63) is 83.7 Å². The lowest BCUT2D eigenvalue weighted by atomic mass is 10.0. The van der Waals surface area contributed by atoms with Gasteiger partial charge >= 0.3 is 5.97 Å². The number of hydrogen-bond donors (Lipinski definition) is 0. The molecular weight excluding hydrogens is 384 g/mol. The Morgan fingerprint density at radius 3 is 1.90 bits per heavy atom. The highest BCUT2D eigenvalue weighted by atomic mass is 16.7. The molecule has 1 heterocycles. The van der Waals surface area contributed by atoms with Crippen LogP contribution in [0.25, 0.3) is 0 Å². The minimum atomic E-state index is -0.649. The normalized spacial score (nSPS) is 11.0. The minimum absolute atomic E-state index is 0.222. The van der Waals surface area contributed by atoms with E-state index in [4.69, 9.17) is 19.0 Å². The maximum Gasteiger partial charge on any atom is 0.366 e. The average molecular weight is 407 g/mol. The van der Waals surface area contributed by atoms with Crippen LogP contribution in [0.2, 0.25) is 0 Å². The van der Waals surface area contributed by atoms with Crippen LogP contribution < -0.4 is 18.8 Å². The SMILES string of the molecule is COc1cc(C(=O)O/N=C(\c2ccccc2)c2cc[n+](C)cc2)cc(OC)c1OC. The van der Waals surface area contributed by atoms with Crippen molar-refractivity contribution in [2.45, 2.75) is 0 Å². The summed E-state index contributed by atoms with van der Waals surface area (Å²) in [5.41, 5.74) is 2.40. The van der Waals surface area contributed by atoms with Gasteiger partial charge in [0.1, 0.15) is 12.8 Å². The molecule has 7 heteroatoms. The number of pyridine rings is 1. The molecule has 3 aromatic rings. The minimum Gasteiger partial charge on any atom is -0.493 e. The number of aryl methyl sites for hydroxylation is 1. The van der Waals surface area contributed by atoms with Gasteiger partial charge in [0.05, 0.1) is 26.9 Å². The number of oxime groups is 1. The van der Waals surface area contributed by atoms with Gasteiger partial charge in [-0.1, -0.05) is 35.5 Å². The number of carbonyl (C=O) groups is 1. The van der Waals surface area contributed by atoms with Gasteiger partial charge in [0.25, 0.3) is 0 Å². The molecule has 0 aliphatic rings. The Balaban J connectivity index is 1.96. The van der Waals surface area contributed by atoms with Crippen molar-refractivity contribution in [1.82, 2.24) is 0 Å². The summed E-state index contributed by atoms with van der Waals surface area (Å²) in [4.78, 5) is 18.0. The van der Waals surface area contributed by atoms with Gasteiger partial charge < -0.3 is 19.0 Å². The zero-order valence-corrected chi connectivity index (χ0v) is 17.3. The number of ether oxygens (including phenoxy) is 3. The molecule has 0 aliphatic heterocycles. The highest BCUT2D eigenvalue weighted by Crippen LogP contribution is 2.38. The van der Waals surface area contributed by atoms with Gasteiger partial charge in [0, 0.05) is 23.3 Å². The van der Waals surface area contributed by atoms with Crippen molar-refractivity contribution in [2.24, 2.45) is 12.2 Å². The van der Waals surface area contributed by atoms with Gasteiger partial charge in [-0.25, -0.2) is 9.36 Å². The molecule has 0 aliphatic carbocycles. The number of rotatable bonds is 7. The van der Waals surface area contributed by atoms with Crippen molar-refractivity contribution >= 4 is 11.7 Å². The molecule has 7 nitrogen and oxygen atoms in total. The van der Waals surface area contributed by atoms with Crippen LogP contribution in [0.5, 0.6) is 17.2 Å². The summed E-state index contributed by atoms with van der Waals surface area (Å²) in [5.74, 6) is 0.449. The quantitative estimate of drug-likeness (QED) is 0.260. The van der Waals surface area contributed by atoms with E-state index in [-0.39, 0.29) is 5.56 Å². The third kappa shape index (κ3) is 4.57. The molecule has 0 radical (unpaired) electrons. The fourth-order valence-corrected chi connectivity index (χ4v) is 2.87. The zero-order valence-electron chi connectivity index (χ0n) is 17.3. The van der Waals surface area contributed by atoms with Gasteiger partial charge in [-0.2, -0.15) is 0 Å². The predicted octanol–water partition coefficient (Wildman–Crippen LogP) is 3.15. The first-order chi connectivity index (χ1) is 14.6. The zero-order chi connectivity index (χ0) is 21.5. The fraction of sp³-hybridized carbons (Fsp3) is 0.174. The molecule has 0 amide bonds. The van der Waals surface area contributed by atoms with Crippen LogP contribution in [0.3, 0.4) is 0 Å². The van der Waals surface area contributed by atoms with E-state index in [2.05, 4.69) is 5.16 Å². The van der Waals surface area contributed by atoms with Crippen LogP contribution in [-0.4, -0.2) is 33.0 Å². The first-order valence-corrected chi connectivity index (χ1v) is 9.17. The first kappa shape index (κ1) is 20.9. The number of methoxy groups -OCH3 is 3. The average Bonchev–Trinajstić information content (AvgIpc) is 2.79. The van der Waals surface area contributed by atoms with Crippen LogP contribution in [0.4, 0.5) is 0 Å². The van der Waals surface area contributed by atoms with E-state index in [1.807, 2.05) is 66.5 Å². The van der Waals surface area contributed by atoms with Crippen LogP contribution in [-0.2, 0) is 11.9 Å². The Labute approximate surface area is 175 Å². The lowest BCUT2D eigenvalue weighted by Gasteiger charge is -2.13. The van der Waals surface area contributed by atoms with E-state index in [9.17, 15) is 4.79 Å². The summed E-state index contributed by atoms with van der Waals surface area (Å²) < 4.78 is 17.8. The standard InChI is InChI=1S/C23H23N2O5/c1-25-12-10-17(11-13-25)21(16-8-6-5-7-9-16)24-30-23(26)18-14-19(27-2)22(29-4)20(15-18)28-3/h5-15H,1-4H3/q+1/b24-21+. The van der Waals surface area contributed by atoms with E-state index >= 15 is 0 Å². The number of carbonyl (C=O) groups excluding carboxylic acids is 1. The lowest BCUT2D eigenvalue weighted by Crippen LogP contribution is -2.26. The van der Waals surface area contributed by atoms with Crippen molar-refractivity contribution in [2.75, 3.05) is 21.3 Å². The van der Waals surface area contributed by atoms with Gasteiger partial charge in [0.2, 0.25) is 5.75 Å². The van der Waals surface area contributed by atoms with Crippen molar-refractivity contribution in [1.29, 1.82) is 0 Å². The summed E-state index contributed by atoms with van der Waals surface area (Å²) in [5, 5.41) is 4.17. The molecule has 2 aromatic carbocycles. The third-order valence-electron chi connectivity index (χ3n) is 4.42. The van der Waals surface area contributed by atoms with E-state index in [1.54, 1.807) is 0 Å². The van der Waals surface area contributed by atoms with E-state index in [0.717, 1.165) is 11.1 Å². The van der Waals surface area contributed by atoms with E-state index in [1.165, 1.54) is 33.5 Å². The van der Waals surface area contributed by atoms with E-state index < -0.39 is 5.97 Å². The maximum absolute atomic E-state index is 12.7. The largest absolute Gasteiger partial charge is 0.493 e. The molecule has 0 saturated heterocycles. The molecule has 0 atom stereocenters. The Morgan fingerprint density at radius 1 is 0.800 bits per heavy atom. The van der Waals surface area contributed by atoms with Crippen molar-refractivity contribution in [3.63, 3.8) is 0 Å². The lowest BCUT2D eigenvalue weighted by molar-refractivity contribution is -0.671. The molecule has 154 valence electrons. The number of hydrogen-bond acceptors (Lipinski definition) is 6. The summed E-state index contributed by atoms with van der Waals surface area (Å²) in [7, 11) is 6.38. The Morgan fingerprint density at radius 2 is 1.37 bits per heavy atom. The van der Waals surface area contributed by atoms with Gasteiger partial charge in [-0.05, 0) is 12.1 Å². The Hall–Kier alpha value is -3.87.